The summed E-state index contributed by atoms with van der Waals surface area (Å²) < 4.78 is 40.7. The molecule has 0 spiro atoms. The van der Waals surface area contributed by atoms with Crippen molar-refractivity contribution in [2.75, 3.05) is 20.8 Å². The van der Waals surface area contributed by atoms with E-state index in [4.69, 9.17) is 33.2 Å². The molecule has 1 aromatic heterocycles. The monoisotopic (exact) mass is 702 g/mol. The van der Waals surface area contributed by atoms with E-state index < -0.39 is 59.3 Å². The first kappa shape index (κ1) is 36.5. The molecular weight excluding hydrogens is 664 g/mol. The molecule has 1 fully saturated rings. The predicted octanol–water partition coefficient (Wildman–Crippen LogP) is 3.39. The summed E-state index contributed by atoms with van der Waals surface area (Å²) in [5.41, 5.74) is -0.788. The van der Waals surface area contributed by atoms with Crippen LogP contribution < -0.4 is 20.7 Å². The fourth-order valence-electron chi connectivity index (χ4n) is 6.00. The highest BCUT2D eigenvalue weighted by molar-refractivity contribution is 5.68. The van der Waals surface area contributed by atoms with Crippen LogP contribution in [0.4, 0.5) is 0 Å². The minimum Gasteiger partial charge on any atom is -0.497 e. The number of aromatic amines is 1. The van der Waals surface area contributed by atoms with E-state index in [0.29, 0.717) is 22.6 Å². The zero-order valence-electron chi connectivity index (χ0n) is 28.7. The predicted molar refractivity (Wildman–Crippen MR) is 180 cm³/mol. The summed E-state index contributed by atoms with van der Waals surface area (Å²) in [6.45, 7) is 2.75. The third kappa shape index (κ3) is 8.03. The van der Waals surface area contributed by atoms with E-state index in [1.807, 2.05) is 54.6 Å². The van der Waals surface area contributed by atoms with Gasteiger partial charge in [-0.25, -0.2) is 4.79 Å². The maximum Gasteiger partial charge on any atom is 0.330 e. The minimum absolute atomic E-state index is 0.00887. The quantitative estimate of drug-likeness (QED) is 0.123. The van der Waals surface area contributed by atoms with Gasteiger partial charge in [-0.3, -0.25) is 28.7 Å². The number of benzene rings is 3. The number of esters is 3. The Morgan fingerprint density at radius 1 is 0.745 bits per heavy atom. The SMILES string of the molecule is COc1ccc(C(OCc2cn([C@@H]3O[C@H](COC(C)=O)[C@@H](OC(C)=O)[C@H]3OC(C)=O)c(=O)[nH]c2=O)(c2ccccc2)c2ccc(OC)cc2)cc1. The van der Waals surface area contributed by atoms with Gasteiger partial charge in [-0.1, -0.05) is 54.6 Å². The summed E-state index contributed by atoms with van der Waals surface area (Å²) in [4.78, 5) is 64.9. The Morgan fingerprint density at radius 2 is 1.27 bits per heavy atom. The van der Waals surface area contributed by atoms with Gasteiger partial charge in [0.25, 0.3) is 5.56 Å². The molecule has 4 aromatic rings. The van der Waals surface area contributed by atoms with Crippen molar-refractivity contribution >= 4 is 17.9 Å². The Morgan fingerprint density at radius 3 is 1.78 bits per heavy atom. The molecule has 0 radical (unpaired) electrons. The Bertz CT molecular complexity index is 1910. The number of hydrogen-bond donors (Lipinski definition) is 1. The molecule has 1 saturated heterocycles. The molecule has 5 rings (SSSR count). The number of nitrogens with zero attached hydrogens (tertiary/aromatic N) is 1. The molecule has 0 saturated carbocycles. The number of aromatic nitrogens is 2. The summed E-state index contributed by atoms with van der Waals surface area (Å²) in [5, 5.41) is 0. The van der Waals surface area contributed by atoms with E-state index in [0.717, 1.165) is 24.0 Å². The van der Waals surface area contributed by atoms with Crippen molar-refractivity contribution in [3.05, 3.63) is 128 Å². The first-order valence-corrected chi connectivity index (χ1v) is 15.9. The number of hydrogen-bond acceptors (Lipinski definition) is 12. The molecule has 1 aliphatic heterocycles. The molecule has 268 valence electrons. The normalized spacial score (nSPS) is 18.5. The molecule has 1 N–H and O–H groups in total. The maximum atomic E-state index is 13.4. The Labute approximate surface area is 292 Å². The summed E-state index contributed by atoms with van der Waals surface area (Å²) in [6.07, 6.45) is -3.90. The van der Waals surface area contributed by atoms with Gasteiger partial charge in [0.05, 0.1) is 26.4 Å². The highest BCUT2D eigenvalue weighted by Gasteiger charge is 2.51. The first-order chi connectivity index (χ1) is 24.5. The molecule has 0 bridgehead atoms. The van der Waals surface area contributed by atoms with Crippen LogP contribution in [-0.4, -0.2) is 66.6 Å². The first-order valence-electron chi connectivity index (χ1n) is 15.9. The summed E-state index contributed by atoms with van der Waals surface area (Å²) >= 11 is 0. The lowest BCUT2D eigenvalue weighted by Crippen LogP contribution is -2.43. The number of carbonyl (C=O) groups is 3. The Kier molecular flexibility index (Phi) is 11.4. The van der Waals surface area contributed by atoms with Crippen molar-refractivity contribution in [1.29, 1.82) is 0 Å². The van der Waals surface area contributed by atoms with Crippen LogP contribution in [0.15, 0.2) is 94.6 Å². The van der Waals surface area contributed by atoms with E-state index in [-0.39, 0.29) is 18.8 Å². The number of ether oxygens (including phenoxy) is 7. The van der Waals surface area contributed by atoms with Crippen molar-refractivity contribution in [2.24, 2.45) is 0 Å². The number of H-pyrrole nitrogens is 1. The van der Waals surface area contributed by atoms with E-state index in [1.165, 1.54) is 13.1 Å². The number of nitrogens with one attached hydrogen (secondary N) is 1. The van der Waals surface area contributed by atoms with Gasteiger partial charge in [-0.2, -0.15) is 0 Å². The number of carbonyl (C=O) groups excluding carboxylic acids is 3. The van der Waals surface area contributed by atoms with Gasteiger partial charge in [0, 0.05) is 27.0 Å². The molecule has 0 unspecified atom stereocenters. The molecule has 0 aliphatic carbocycles. The molecule has 14 heteroatoms. The Hall–Kier alpha value is -5.73. The molecule has 51 heavy (non-hydrogen) atoms. The highest BCUT2D eigenvalue weighted by atomic mass is 16.7. The van der Waals surface area contributed by atoms with E-state index >= 15 is 0 Å². The Balaban J connectivity index is 1.61. The smallest absolute Gasteiger partial charge is 0.330 e. The van der Waals surface area contributed by atoms with Crippen LogP contribution in [0.3, 0.4) is 0 Å². The molecule has 3 aromatic carbocycles. The fourth-order valence-corrected chi connectivity index (χ4v) is 6.00. The standard InChI is InChI=1S/C37H38N2O12/c1-22(40)47-21-31-32(49-23(2)41)33(50-24(3)42)35(51-31)39-19-25(34(43)38-36(39)44)20-48-37(26-9-7-6-8-10-26,27-11-15-29(45-4)16-12-27)28-13-17-30(46-5)18-14-28/h6-19,31-33,35H,20-21H2,1-5H3,(H,38,43,44)/t31-,32-,33-,35-/m1/s1. The van der Waals surface area contributed by atoms with Crippen LogP contribution in [0.1, 0.15) is 49.3 Å². The van der Waals surface area contributed by atoms with Gasteiger partial charge in [0.1, 0.15) is 29.8 Å². The van der Waals surface area contributed by atoms with Crippen LogP contribution in [0.5, 0.6) is 11.5 Å². The topological polar surface area (TPSA) is 171 Å². The number of methoxy groups -OCH3 is 2. The van der Waals surface area contributed by atoms with Crippen molar-refractivity contribution in [3.63, 3.8) is 0 Å². The third-order valence-corrected chi connectivity index (χ3v) is 8.27. The zero-order chi connectivity index (χ0) is 36.7. The second-order valence-corrected chi connectivity index (χ2v) is 11.6. The highest BCUT2D eigenvalue weighted by Crippen LogP contribution is 2.42. The number of rotatable bonds is 13. The van der Waals surface area contributed by atoms with Crippen LogP contribution >= 0.6 is 0 Å². The summed E-state index contributed by atoms with van der Waals surface area (Å²) in [7, 11) is 3.13. The van der Waals surface area contributed by atoms with Gasteiger partial charge >= 0.3 is 23.6 Å². The van der Waals surface area contributed by atoms with Crippen LogP contribution in [0.25, 0.3) is 0 Å². The molecule has 14 nitrogen and oxygen atoms in total. The lowest BCUT2D eigenvalue weighted by Gasteiger charge is -2.36. The van der Waals surface area contributed by atoms with Crippen molar-refractivity contribution in [1.82, 2.24) is 9.55 Å². The average Bonchev–Trinajstić information content (AvgIpc) is 3.43. The molecule has 2 heterocycles. The maximum absolute atomic E-state index is 13.4. The van der Waals surface area contributed by atoms with Gasteiger partial charge in [-0.15, -0.1) is 0 Å². The van der Waals surface area contributed by atoms with E-state index in [2.05, 4.69) is 4.98 Å². The van der Waals surface area contributed by atoms with Crippen LogP contribution in [0.2, 0.25) is 0 Å². The van der Waals surface area contributed by atoms with Crippen molar-refractivity contribution in [3.8, 4) is 11.5 Å². The third-order valence-electron chi connectivity index (χ3n) is 8.27. The minimum atomic E-state index is -1.40. The van der Waals surface area contributed by atoms with Gasteiger partial charge in [-0.05, 0) is 41.0 Å². The summed E-state index contributed by atoms with van der Waals surface area (Å²) in [5.74, 6) is -0.879. The second-order valence-electron chi connectivity index (χ2n) is 11.6. The van der Waals surface area contributed by atoms with Gasteiger partial charge in [0.15, 0.2) is 18.4 Å². The average molecular weight is 703 g/mol. The van der Waals surface area contributed by atoms with E-state index in [1.54, 1.807) is 38.5 Å². The second kappa shape index (κ2) is 15.9. The molecule has 1 aliphatic rings. The summed E-state index contributed by atoms with van der Waals surface area (Å²) in [6, 6.07) is 24.0. The largest absolute Gasteiger partial charge is 0.497 e. The lowest BCUT2D eigenvalue weighted by molar-refractivity contribution is -0.166. The van der Waals surface area contributed by atoms with Crippen molar-refractivity contribution in [2.45, 2.75) is 57.5 Å². The van der Waals surface area contributed by atoms with Gasteiger partial charge < -0.3 is 33.2 Å². The molecule has 0 amide bonds. The van der Waals surface area contributed by atoms with Crippen LogP contribution in [-0.2, 0) is 50.3 Å². The lowest BCUT2D eigenvalue weighted by atomic mass is 9.80. The van der Waals surface area contributed by atoms with Crippen LogP contribution in [0, 0.1) is 0 Å². The zero-order valence-corrected chi connectivity index (χ0v) is 28.7. The van der Waals surface area contributed by atoms with E-state index in [9.17, 15) is 24.0 Å². The molecular formula is C37H38N2O12. The van der Waals surface area contributed by atoms with Crippen molar-refractivity contribution < 1.29 is 47.5 Å². The van der Waals surface area contributed by atoms with Gasteiger partial charge in [0.2, 0.25) is 0 Å². The fraction of sp³-hybridized carbons (Fsp3) is 0.324. The molecule has 4 atom stereocenters.